The zero-order chi connectivity index (χ0) is 14.5. The Balaban J connectivity index is 1.76. The van der Waals surface area contributed by atoms with Crippen molar-refractivity contribution in [2.75, 3.05) is 18.0 Å². The number of halogens is 2. The number of piperidine rings is 1. The molecule has 2 heterocycles. The van der Waals surface area contributed by atoms with E-state index in [1.54, 1.807) is 0 Å². The van der Waals surface area contributed by atoms with E-state index in [1.165, 1.54) is 5.56 Å². The molecule has 0 bridgehead atoms. The van der Waals surface area contributed by atoms with Gasteiger partial charge in [0.2, 0.25) is 0 Å². The number of alkyl halides is 2. The molecule has 1 saturated carbocycles. The van der Waals surface area contributed by atoms with Crippen LogP contribution in [-0.4, -0.2) is 30.0 Å². The highest BCUT2D eigenvalue weighted by Crippen LogP contribution is 2.59. The first-order chi connectivity index (χ1) is 9.43. The molecule has 1 aromatic rings. The zero-order valence-electron chi connectivity index (χ0n) is 11.9. The molecule has 2 N–H and O–H groups in total. The van der Waals surface area contributed by atoms with Gasteiger partial charge in [-0.25, -0.2) is 13.8 Å². The number of nitrogens with zero attached hydrogens (tertiary/aromatic N) is 2. The first-order valence-corrected chi connectivity index (χ1v) is 7.30. The van der Waals surface area contributed by atoms with Gasteiger partial charge in [0.25, 0.3) is 5.92 Å². The van der Waals surface area contributed by atoms with Crippen molar-refractivity contribution in [3.8, 4) is 0 Å². The summed E-state index contributed by atoms with van der Waals surface area (Å²) in [4.78, 5) is 6.64. The lowest BCUT2D eigenvalue weighted by atomic mass is 10.0. The van der Waals surface area contributed by atoms with Gasteiger partial charge < -0.3 is 10.6 Å². The minimum absolute atomic E-state index is 0.103. The summed E-state index contributed by atoms with van der Waals surface area (Å²) >= 11 is 0. The van der Waals surface area contributed by atoms with Crippen molar-refractivity contribution in [2.24, 2.45) is 17.6 Å². The third-order valence-electron chi connectivity index (χ3n) is 4.45. The third kappa shape index (κ3) is 2.18. The first-order valence-electron chi connectivity index (χ1n) is 7.30. The van der Waals surface area contributed by atoms with Gasteiger partial charge in [0.15, 0.2) is 0 Å². The van der Waals surface area contributed by atoms with Crippen LogP contribution in [0, 0.1) is 11.8 Å². The van der Waals surface area contributed by atoms with E-state index < -0.39 is 17.8 Å². The van der Waals surface area contributed by atoms with E-state index in [9.17, 15) is 8.78 Å². The predicted octanol–water partition coefficient (Wildman–Crippen LogP) is 2.24. The highest BCUT2D eigenvalue weighted by Gasteiger charge is 2.71. The summed E-state index contributed by atoms with van der Waals surface area (Å²) in [6.07, 6.45) is 1.65. The molecule has 2 aliphatic rings. The average Bonchev–Trinajstić information content (AvgIpc) is 2.80. The standard InChI is InChI=1S/C15H21F2N3/c1-3-13-10(6-9(2)18)4-5-14(19-13)20-7-11-12(8-20)15(11,16)17/h4-5,9,11-12H,3,6-8,18H2,1-2H3. The van der Waals surface area contributed by atoms with Gasteiger partial charge in [0, 0.05) is 24.8 Å². The molecule has 0 radical (unpaired) electrons. The number of hydrogen-bond acceptors (Lipinski definition) is 3. The van der Waals surface area contributed by atoms with Crippen LogP contribution in [-0.2, 0) is 12.8 Å². The number of aromatic nitrogens is 1. The van der Waals surface area contributed by atoms with Crippen molar-refractivity contribution in [1.82, 2.24) is 4.98 Å². The van der Waals surface area contributed by atoms with E-state index in [0.717, 1.165) is 24.4 Å². The Morgan fingerprint density at radius 3 is 2.60 bits per heavy atom. The number of rotatable bonds is 4. The Hall–Kier alpha value is -1.23. The lowest BCUT2D eigenvalue weighted by Crippen LogP contribution is -2.28. The molecule has 1 saturated heterocycles. The van der Waals surface area contributed by atoms with Gasteiger partial charge in [-0.05, 0) is 31.4 Å². The molecule has 1 aromatic heterocycles. The fourth-order valence-electron chi connectivity index (χ4n) is 3.23. The Morgan fingerprint density at radius 1 is 1.40 bits per heavy atom. The molecule has 20 heavy (non-hydrogen) atoms. The van der Waals surface area contributed by atoms with E-state index in [1.807, 2.05) is 24.0 Å². The van der Waals surface area contributed by atoms with Crippen molar-refractivity contribution < 1.29 is 8.78 Å². The van der Waals surface area contributed by atoms with Crippen LogP contribution in [0.15, 0.2) is 12.1 Å². The van der Waals surface area contributed by atoms with E-state index in [4.69, 9.17) is 5.73 Å². The minimum atomic E-state index is -2.43. The minimum Gasteiger partial charge on any atom is -0.356 e. The molecule has 2 fully saturated rings. The fourth-order valence-corrected chi connectivity index (χ4v) is 3.23. The number of aryl methyl sites for hydroxylation is 1. The van der Waals surface area contributed by atoms with Crippen LogP contribution in [0.25, 0.3) is 0 Å². The highest BCUT2D eigenvalue weighted by molar-refractivity contribution is 5.46. The monoisotopic (exact) mass is 281 g/mol. The molecule has 3 rings (SSSR count). The zero-order valence-corrected chi connectivity index (χ0v) is 11.9. The number of pyridine rings is 1. The summed E-state index contributed by atoms with van der Waals surface area (Å²) in [5, 5.41) is 0. The second-order valence-corrected chi connectivity index (χ2v) is 6.10. The van der Waals surface area contributed by atoms with Crippen molar-refractivity contribution in [3.05, 3.63) is 23.4 Å². The van der Waals surface area contributed by atoms with Gasteiger partial charge in [0.05, 0.1) is 11.8 Å². The summed E-state index contributed by atoms with van der Waals surface area (Å²) in [5.74, 6) is -2.52. The number of fused-ring (bicyclic) bond motifs is 1. The number of anilines is 1. The molecular formula is C15H21F2N3. The van der Waals surface area contributed by atoms with Crippen LogP contribution >= 0.6 is 0 Å². The summed E-state index contributed by atoms with van der Waals surface area (Å²) < 4.78 is 26.4. The van der Waals surface area contributed by atoms with Crippen molar-refractivity contribution >= 4 is 5.82 Å². The van der Waals surface area contributed by atoms with Crippen LogP contribution < -0.4 is 10.6 Å². The summed E-state index contributed by atoms with van der Waals surface area (Å²) in [6.45, 7) is 4.90. The highest BCUT2D eigenvalue weighted by atomic mass is 19.3. The topological polar surface area (TPSA) is 42.2 Å². The molecule has 1 aliphatic carbocycles. The quantitative estimate of drug-likeness (QED) is 0.920. The van der Waals surface area contributed by atoms with E-state index >= 15 is 0 Å². The maximum atomic E-state index is 13.2. The Morgan fingerprint density at radius 2 is 2.05 bits per heavy atom. The maximum Gasteiger partial charge on any atom is 0.258 e. The molecule has 0 spiro atoms. The van der Waals surface area contributed by atoms with Crippen molar-refractivity contribution in [3.63, 3.8) is 0 Å². The molecule has 1 aliphatic heterocycles. The largest absolute Gasteiger partial charge is 0.356 e. The van der Waals surface area contributed by atoms with Crippen LogP contribution in [0.1, 0.15) is 25.1 Å². The number of hydrogen-bond donors (Lipinski definition) is 1. The van der Waals surface area contributed by atoms with Crippen molar-refractivity contribution in [1.29, 1.82) is 0 Å². The summed E-state index contributed by atoms with van der Waals surface area (Å²) in [7, 11) is 0. The second kappa shape index (κ2) is 4.65. The molecule has 3 nitrogen and oxygen atoms in total. The van der Waals surface area contributed by atoms with Gasteiger partial charge in [0.1, 0.15) is 5.82 Å². The van der Waals surface area contributed by atoms with Crippen LogP contribution in [0.4, 0.5) is 14.6 Å². The average molecular weight is 281 g/mol. The lowest BCUT2D eigenvalue weighted by molar-refractivity contribution is 0.0797. The van der Waals surface area contributed by atoms with E-state index in [2.05, 4.69) is 11.9 Å². The van der Waals surface area contributed by atoms with Gasteiger partial charge in [-0.3, -0.25) is 0 Å². The fraction of sp³-hybridized carbons (Fsp3) is 0.667. The third-order valence-corrected chi connectivity index (χ3v) is 4.45. The molecule has 0 amide bonds. The van der Waals surface area contributed by atoms with Gasteiger partial charge in [-0.15, -0.1) is 0 Å². The molecule has 5 heteroatoms. The Kier molecular flexibility index (Phi) is 3.20. The van der Waals surface area contributed by atoms with Crippen molar-refractivity contribution in [2.45, 2.75) is 38.7 Å². The summed E-state index contributed by atoms with van der Waals surface area (Å²) in [5.41, 5.74) is 8.04. The second-order valence-electron chi connectivity index (χ2n) is 6.10. The normalized spacial score (nSPS) is 28.4. The Labute approximate surface area is 118 Å². The lowest BCUT2D eigenvalue weighted by Gasteiger charge is -2.22. The Bertz CT molecular complexity index is 502. The van der Waals surface area contributed by atoms with E-state index in [-0.39, 0.29) is 6.04 Å². The van der Waals surface area contributed by atoms with Gasteiger partial charge >= 0.3 is 0 Å². The first kappa shape index (κ1) is 13.7. The van der Waals surface area contributed by atoms with Crippen LogP contribution in [0.2, 0.25) is 0 Å². The SMILES string of the molecule is CCc1nc(N2CC3C(C2)C3(F)F)ccc1CC(C)N. The van der Waals surface area contributed by atoms with Crippen LogP contribution in [0.5, 0.6) is 0 Å². The molecular weight excluding hydrogens is 260 g/mol. The van der Waals surface area contributed by atoms with Crippen LogP contribution in [0.3, 0.4) is 0 Å². The maximum absolute atomic E-state index is 13.2. The molecule has 110 valence electrons. The molecule has 3 unspecified atom stereocenters. The van der Waals surface area contributed by atoms with Gasteiger partial charge in [-0.1, -0.05) is 13.0 Å². The smallest absolute Gasteiger partial charge is 0.258 e. The predicted molar refractivity (Wildman–Crippen MR) is 75.1 cm³/mol. The van der Waals surface area contributed by atoms with Gasteiger partial charge in [-0.2, -0.15) is 0 Å². The molecule has 3 atom stereocenters. The number of nitrogens with two attached hydrogens (primary N) is 1. The summed E-state index contributed by atoms with van der Waals surface area (Å²) in [6, 6.07) is 4.10. The van der Waals surface area contributed by atoms with E-state index in [0.29, 0.717) is 13.1 Å². The molecule has 0 aromatic carbocycles.